The maximum atomic E-state index is 13.1. The van der Waals surface area contributed by atoms with E-state index in [1.807, 2.05) is 20.8 Å². The number of imide groups is 1. The van der Waals surface area contributed by atoms with E-state index < -0.39 is 23.7 Å². The molecular weight excluding hydrogens is 423 g/mol. The number of hydrogen-bond acceptors (Lipinski definition) is 3. The molecule has 2 aromatic rings. The van der Waals surface area contributed by atoms with Gasteiger partial charge in [0.1, 0.15) is 6.33 Å². The predicted octanol–water partition coefficient (Wildman–Crippen LogP) is 4.95. The fraction of sp³-hybridized carbons (Fsp3) is 0.435. The number of carbonyl (C=O) groups excluding carboxylic acids is 1. The van der Waals surface area contributed by atoms with E-state index in [0.29, 0.717) is 41.8 Å². The number of fused-ring (bicyclic) bond motifs is 3. The smallest absolute Gasteiger partial charge is 0.416 e. The van der Waals surface area contributed by atoms with Gasteiger partial charge in [0.2, 0.25) is 0 Å². The Labute approximate surface area is 183 Å². The Bertz CT molecular complexity index is 1130. The first-order chi connectivity index (χ1) is 14.9. The molecule has 2 aliphatic rings. The Morgan fingerprint density at radius 2 is 1.94 bits per heavy atom. The van der Waals surface area contributed by atoms with Crippen molar-refractivity contribution >= 4 is 18.1 Å². The molecule has 9 heteroatoms. The van der Waals surface area contributed by atoms with Crippen molar-refractivity contribution in [3.05, 3.63) is 52.6 Å². The highest BCUT2D eigenvalue weighted by Crippen LogP contribution is 2.40. The molecule has 1 unspecified atom stereocenters. The largest absolute Gasteiger partial charge is 0.465 e. The van der Waals surface area contributed by atoms with E-state index in [9.17, 15) is 27.9 Å². The molecule has 2 aliphatic heterocycles. The van der Waals surface area contributed by atoms with Gasteiger partial charge in [-0.3, -0.25) is 4.79 Å². The molecule has 2 amide bonds. The van der Waals surface area contributed by atoms with Gasteiger partial charge in [-0.1, -0.05) is 20.8 Å². The number of alkyl halides is 3. The second-order valence-electron chi connectivity index (χ2n) is 9.33. The van der Waals surface area contributed by atoms with E-state index in [-0.39, 0.29) is 17.9 Å². The Kier molecular flexibility index (Phi) is 5.18. The van der Waals surface area contributed by atoms with Crippen LogP contribution in [0.4, 0.5) is 18.0 Å². The third-order valence-electron chi connectivity index (χ3n) is 6.27. The zero-order chi connectivity index (χ0) is 23.4. The summed E-state index contributed by atoms with van der Waals surface area (Å²) >= 11 is 0. The van der Waals surface area contributed by atoms with Gasteiger partial charge in [0.05, 0.1) is 22.6 Å². The highest BCUT2D eigenvalue weighted by atomic mass is 19.4. The SMILES string of the molecule is CC(C)(C)C1CCN(C(=O)O)C(=O)C1=Cc1ncn2c1CCc1cc(C(F)(F)F)ccc1-2. The lowest BCUT2D eigenvalue weighted by Gasteiger charge is -2.38. The summed E-state index contributed by atoms with van der Waals surface area (Å²) in [5, 5.41) is 9.40. The molecule has 0 spiro atoms. The van der Waals surface area contributed by atoms with E-state index in [1.54, 1.807) is 17.0 Å². The van der Waals surface area contributed by atoms with Gasteiger partial charge in [-0.15, -0.1) is 0 Å². The second kappa shape index (κ2) is 7.50. The summed E-state index contributed by atoms with van der Waals surface area (Å²) in [5.41, 5.74) is 2.00. The molecular formula is C23H24F3N3O3. The van der Waals surface area contributed by atoms with Crippen molar-refractivity contribution in [3.8, 4) is 5.69 Å². The Balaban J connectivity index is 1.77. The molecule has 1 N–H and O–H groups in total. The Hall–Kier alpha value is -3.10. The van der Waals surface area contributed by atoms with Gasteiger partial charge in [0.15, 0.2) is 0 Å². The van der Waals surface area contributed by atoms with Crippen LogP contribution >= 0.6 is 0 Å². The van der Waals surface area contributed by atoms with Crippen LogP contribution in [0.5, 0.6) is 0 Å². The number of halogens is 3. The summed E-state index contributed by atoms with van der Waals surface area (Å²) < 4.78 is 41.0. The minimum atomic E-state index is -4.40. The van der Waals surface area contributed by atoms with Crippen LogP contribution in [0.15, 0.2) is 30.1 Å². The van der Waals surface area contributed by atoms with Gasteiger partial charge in [-0.2, -0.15) is 13.2 Å². The first-order valence-electron chi connectivity index (χ1n) is 10.4. The lowest BCUT2D eigenvalue weighted by molar-refractivity contribution is -0.137. The number of piperidine rings is 1. The third kappa shape index (κ3) is 3.80. The van der Waals surface area contributed by atoms with Crippen molar-refractivity contribution in [1.82, 2.24) is 14.5 Å². The number of benzene rings is 1. The van der Waals surface area contributed by atoms with E-state index in [0.717, 1.165) is 16.7 Å². The van der Waals surface area contributed by atoms with E-state index in [2.05, 4.69) is 4.98 Å². The molecule has 170 valence electrons. The number of amides is 2. The van der Waals surface area contributed by atoms with Crippen LogP contribution in [-0.4, -0.2) is 38.1 Å². The summed E-state index contributed by atoms with van der Waals surface area (Å²) in [7, 11) is 0. The number of hydrogen-bond donors (Lipinski definition) is 1. The zero-order valence-electron chi connectivity index (χ0n) is 18.0. The number of carbonyl (C=O) groups is 2. The topological polar surface area (TPSA) is 75.4 Å². The maximum absolute atomic E-state index is 13.1. The molecule has 1 aromatic heterocycles. The molecule has 1 saturated heterocycles. The summed E-state index contributed by atoms with van der Waals surface area (Å²) in [4.78, 5) is 29.8. The maximum Gasteiger partial charge on any atom is 0.416 e. The third-order valence-corrected chi connectivity index (χ3v) is 6.27. The van der Waals surface area contributed by atoms with Crippen LogP contribution in [0.3, 0.4) is 0 Å². The molecule has 6 nitrogen and oxygen atoms in total. The number of rotatable bonds is 1. The molecule has 1 fully saturated rings. The van der Waals surface area contributed by atoms with Crippen molar-refractivity contribution in [2.24, 2.45) is 11.3 Å². The molecule has 0 bridgehead atoms. The molecule has 0 saturated carbocycles. The number of aromatic nitrogens is 2. The summed E-state index contributed by atoms with van der Waals surface area (Å²) in [5.74, 6) is -0.690. The summed E-state index contributed by atoms with van der Waals surface area (Å²) in [6.07, 6.45) is -1.08. The van der Waals surface area contributed by atoms with Gasteiger partial charge < -0.3 is 9.67 Å². The van der Waals surface area contributed by atoms with Gasteiger partial charge in [0, 0.05) is 12.1 Å². The van der Waals surface area contributed by atoms with E-state index in [1.165, 1.54) is 12.1 Å². The highest BCUT2D eigenvalue weighted by molar-refractivity contribution is 6.06. The van der Waals surface area contributed by atoms with Crippen LogP contribution in [0.1, 0.15) is 49.7 Å². The molecule has 1 atom stereocenters. The minimum Gasteiger partial charge on any atom is -0.465 e. The molecule has 4 rings (SSSR count). The number of aryl methyl sites for hydroxylation is 1. The van der Waals surface area contributed by atoms with Crippen molar-refractivity contribution in [2.45, 2.75) is 46.2 Å². The average molecular weight is 447 g/mol. The van der Waals surface area contributed by atoms with Crippen LogP contribution in [0.2, 0.25) is 0 Å². The lowest BCUT2D eigenvalue weighted by atomic mass is 9.72. The minimum absolute atomic E-state index is 0.143. The van der Waals surface area contributed by atoms with Gasteiger partial charge >= 0.3 is 12.3 Å². The standard InChI is InChI=1S/C23H24F3N3O3/c1-22(2,3)16-8-9-28(21(31)32)20(30)15(16)11-17-19-6-4-13-10-14(23(24,25)26)5-7-18(13)29(19)12-27-17/h5,7,10-12,16H,4,6,8-9H2,1-3H3,(H,31,32). The Morgan fingerprint density at radius 3 is 2.56 bits per heavy atom. The molecule has 1 aromatic carbocycles. The van der Waals surface area contributed by atoms with Crippen LogP contribution in [0, 0.1) is 11.3 Å². The molecule has 3 heterocycles. The lowest BCUT2D eigenvalue weighted by Crippen LogP contribution is -2.46. The predicted molar refractivity (Wildman–Crippen MR) is 111 cm³/mol. The molecule has 32 heavy (non-hydrogen) atoms. The number of nitrogens with zero attached hydrogens (tertiary/aromatic N) is 3. The summed E-state index contributed by atoms with van der Waals surface area (Å²) in [6, 6.07) is 3.66. The fourth-order valence-electron chi connectivity index (χ4n) is 4.63. The number of likely N-dealkylation sites (tertiary alicyclic amines) is 1. The number of carboxylic acid groups (broad SMARTS) is 1. The van der Waals surface area contributed by atoms with Gasteiger partial charge in [-0.25, -0.2) is 14.7 Å². The average Bonchev–Trinajstić information content (AvgIpc) is 3.10. The second-order valence-corrected chi connectivity index (χ2v) is 9.33. The fourth-order valence-corrected chi connectivity index (χ4v) is 4.63. The quantitative estimate of drug-likeness (QED) is 0.628. The monoisotopic (exact) mass is 447 g/mol. The highest BCUT2D eigenvalue weighted by Gasteiger charge is 2.40. The van der Waals surface area contributed by atoms with Crippen molar-refractivity contribution in [2.75, 3.05) is 6.54 Å². The van der Waals surface area contributed by atoms with Crippen LogP contribution < -0.4 is 0 Å². The summed E-state index contributed by atoms with van der Waals surface area (Å²) in [6.45, 7) is 6.16. The first kappa shape index (κ1) is 22.1. The zero-order valence-corrected chi connectivity index (χ0v) is 18.0. The van der Waals surface area contributed by atoms with Crippen LogP contribution in [0.25, 0.3) is 11.8 Å². The van der Waals surface area contributed by atoms with Gasteiger partial charge in [0.25, 0.3) is 5.91 Å². The van der Waals surface area contributed by atoms with Crippen molar-refractivity contribution in [3.63, 3.8) is 0 Å². The van der Waals surface area contributed by atoms with Crippen molar-refractivity contribution < 1.29 is 27.9 Å². The molecule has 0 radical (unpaired) electrons. The van der Waals surface area contributed by atoms with Gasteiger partial charge in [-0.05, 0) is 60.4 Å². The van der Waals surface area contributed by atoms with E-state index >= 15 is 0 Å². The number of imidazole rings is 1. The van der Waals surface area contributed by atoms with Crippen LogP contribution in [-0.2, 0) is 23.8 Å². The molecule has 0 aliphatic carbocycles. The normalized spacial score (nSPS) is 20.3. The first-order valence-corrected chi connectivity index (χ1v) is 10.4. The van der Waals surface area contributed by atoms with E-state index in [4.69, 9.17) is 0 Å². The van der Waals surface area contributed by atoms with Crippen molar-refractivity contribution in [1.29, 1.82) is 0 Å². The Morgan fingerprint density at radius 1 is 1.22 bits per heavy atom.